The second kappa shape index (κ2) is 11.1. The number of carbonyl (C=O) groups is 1. The molecule has 0 radical (unpaired) electrons. The van der Waals surface area contributed by atoms with Crippen LogP contribution in [0.5, 0.6) is 17.2 Å². The number of hydrogen-bond donors (Lipinski definition) is 2. The molecule has 0 amide bonds. The molecule has 0 aliphatic rings. The Morgan fingerprint density at radius 1 is 0.913 bits per heavy atom. The number of aldehydes is 1. The molecule has 0 fully saturated rings. The van der Waals surface area contributed by atoms with Crippen molar-refractivity contribution in [3.05, 3.63) is 53.1 Å². The molecule has 0 aliphatic heterocycles. The fourth-order valence-corrected chi connectivity index (χ4v) is 1.86. The average molecular weight is 318 g/mol. The molecule has 0 heterocycles. The molecule has 2 aromatic rings. The summed E-state index contributed by atoms with van der Waals surface area (Å²) < 4.78 is 5.09. The smallest absolute Gasteiger partial charge is 0.150 e. The summed E-state index contributed by atoms with van der Waals surface area (Å²) in [6.07, 6.45) is 1.03. The van der Waals surface area contributed by atoms with Gasteiger partial charge < -0.3 is 14.9 Å². The quantitative estimate of drug-likeness (QED) is 0.811. The van der Waals surface area contributed by atoms with Crippen LogP contribution in [0.2, 0.25) is 0 Å². The number of hydrogen-bond acceptors (Lipinski definition) is 4. The molecule has 0 aliphatic carbocycles. The van der Waals surface area contributed by atoms with Gasteiger partial charge in [-0.1, -0.05) is 27.7 Å². The van der Waals surface area contributed by atoms with E-state index in [4.69, 9.17) is 4.74 Å². The molecule has 0 atom stereocenters. The van der Waals surface area contributed by atoms with Gasteiger partial charge in [0.25, 0.3) is 0 Å². The first-order chi connectivity index (χ1) is 11.1. The van der Waals surface area contributed by atoms with E-state index in [0.717, 1.165) is 0 Å². The lowest BCUT2D eigenvalue weighted by Gasteiger charge is -2.09. The summed E-state index contributed by atoms with van der Waals surface area (Å²) in [7, 11) is 1.54. The van der Waals surface area contributed by atoms with E-state index in [2.05, 4.69) is 0 Å². The summed E-state index contributed by atoms with van der Waals surface area (Å²) >= 11 is 0. The van der Waals surface area contributed by atoms with Crippen molar-refractivity contribution in [1.82, 2.24) is 0 Å². The summed E-state index contributed by atoms with van der Waals surface area (Å²) in [6, 6.07) is 9.49. The first kappa shape index (κ1) is 20.5. The molecule has 0 saturated carbocycles. The third-order valence-corrected chi connectivity index (χ3v) is 2.91. The maximum atomic E-state index is 10.7. The average Bonchev–Trinajstić information content (AvgIpc) is 2.62. The summed E-state index contributed by atoms with van der Waals surface area (Å²) in [5.74, 6) is 0.836. The first-order valence-electron chi connectivity index (χ1n) is 7.77. The highest BCUT2D eigenvalue weighted by Crippen LogP contribution is 2.28. The monoisotopic (exact) mass is 318 g/mol. The minimum Gasteiger partial charge on any atom is -0.508 e. The van der Waals surface area contributed by atoms with Gasteiger partial charge >= 0.3 is 0 Å². The van der Waals surface area contributed by atoms with Crippen molar-refractivity contribution < 1.29 is 19.7 Å². The normalized spacial score (nSPS) is 8.91. The van der Waals surface area contributed by atoms with E-state index in [1.165, 1.54) is 18.2 Å². The van der Waals surface area contributed by atoms with Crippen LogP contribution in [0.25, 0.3) is 0 Å². The molecule has 0 saturated heterocycles. The maximum Gasteiger partial charge on any atom is 0.150 e. The van der Waals surface area contributed by atoms with Crippen LogP contribution in [0.3, 0.4) is 0 Å². The van der Waals surface area contributed by atoms with Crippen molar-refractivity contribution in [2.75, 3.05) is 7.11 Å². The van der Waals surface area contributed by atoms with E-state index < -0.39 is 0 Å². The second-order valence-corrected chi connectivity index (χ2v) is 4.18. The lowest BCUT2D eigenvalue weighted by Crippen LogP contribution is -1.93. The Hall–Kier alpha value is -2.49. The lowest BCUT2D eigenvalue weighted by atomic mass is 10.0. The molecule has 2 rings (SSSR count). The van der Waals surface area contributed by atoms with Crippen LogP contribution < -0.4 is 4.74 Å². The number of benzene rings is 2. The Bertz CT molecular complexity index is 606. The topological polar surface area (TPSA) is 66.8 Å². The van der Waals surface area contributed by atoms with Gasteiger partial charge in [-0.2, -0.15) is 0 Å². The fourth-order valence-electron chi connectivity index (χ4n) is 1.86. The van der Waals surface area contributed by atoms with Gasteiger partial charge in [-0.3, -0.25) is 4.79 Å². The summed E-state index contributed by atoms with van der Waals surface area (Å²) in [5, 5.41) is 19.6. The van der Waals surface area contributed by atoms with Gasteiger partial charge in [0.1, 0.15) is 23.5 Å². The Kier molecular flexibility index (Phi) is 9.92. The van der Waals surface area contributed by atoms with Crippen LogP contribution in [0, 0.1) is 0 Å². The predicted molar refractivity (Wildman–Crippen MR) is 93.7 cm³/mol. The van der Waals surface area contributed by atoms with Crippen molar-refractivity contribution in [1.29, 1.82) is 0 Å². The molecule has 0 unspecified atom stereocenters. The Morgan fingerprint density at radius 2 is 1.43 bits per heavy atom. The second-order valence-electron chi connectivity index (χ2n) is 4.18. The van der Waals surface area contributed by atoms with Gasteiger partial charge in [-0.25, -0.2) is 0 Å². The fraction of sp³-hybridized carbons (Fsp3) is 0.316. The third-order valence-electron chi connectivity index (χ3n) is 2.91. The van der Waals surface area contributed by atoms with Crippen LogP contribution in [0.1, 0.15) is 49.2 Å². The number of carbonyl (C=O) groups excluding carboxylic acids is 1. The molecule has 4 nitrogen and oxygen atoms in total. The van der Waals surface area contributed by atoms with Crippen LogP contribution in [-0.4, -0.2) is 23.6 Å². The van der Waals surface area contributed by atoms with Crippen LogP contribution in [-0.2, 0) is 6.42 Å². The van der Waals surface area contributed by atoms with Gasteiger partial charge in [0, 0.05) is 17.5 Å². The number of aromatic hydroxyl groups is 2. The molecular formula is C19H26O4. The molecule has 0 bridgehead atoms. The Morgan fingerprint density at radius 3 is 1.96 bits per heavy atom. The van der Waals surface area contributed by atoms with Crippen molar-refractivity contribution in [3.8, 4) is 17.2 Å². The van der Waals surface area contributed by atoms with Gasteiger partial charge in [-0.15, -0.1) is 0 Å². The lowest BCUT2D eigenvalue weighted by molar-refractivity contribution is 0.112. The van der Waals surface area contributed by atoms with Gasteiger partial charge in [0.15, 0.2) is 0 Å². The maximum absolute atomic E-state index is 10.7. The van der Waals surface area contributed by atoms with Crippen molar-refractivity contribution in [2.45, 2.75) is 34.1 Å². The number of phenolic OH excluding ortho intramolecular Hbond substituents is 2. The molecule has 0 spiro atoms. The highest BCUT2D eigenvalue weighted by atomic mass is 16.5. The molecule has 2 aromatic carbocycles. The van der Waals surface area contributed by atoms with Gasteiger partial charge in [-0.05, 0) is 42.0 Å². The van der Waals surface area contributed by atoms with Gasteiger partial charge in [0.05, 0.1) is 7.11 Å². The zero-order chi connectivity index (χ0) is 17.8. The molecule has 23 heavy (non-hydrogen) atoms. The van der Waals surface area contributed by atoms with E-state index in [9.17, 15) is 15.0 Å². The van der Waals surface area contributed by atoms with E-state index in [-0.39, 0.29) is 11.5 Å². The third kappa shape index (κ3) is 6.02. The number of rotatable bonds is 4. The molecule has 0 aromatic heterocycles. The van der Waals surface area contributed by atoms with Crippen LogP contribution in [0.4, 0.5) is 0 Å². The standard InChI is InChI=1S/C15H14O4.2C2H6/c1-19-13-3-5-15(18)12(8-13)7-11-6-10(9-16)2-4-14(11)17;2*1-2/h2-6,8-9,17-18H,7H2,1H3;2*1-2H3. The largest absolute Gasteiger partial charge is 0.508 e. The highest BCUT2D eigenvalue weighted by Gasteiger charge is 2.08. The van der Waals surface area contributed by atoms with Crippen molar-refractivity contribution in [2.24, 2.45) is 0 Å². The van der Waals surface area contributed by atoms with E-state index >= 15 is 0 Å². The molecular weight excluding hydrogens is 292 g/mol. The summed E-state index contributed by atoms with van der Waals surface area (Å²) in [4.78, 5) is 10.7. The van der Waals surface area contributed by atoms with E-state index in [0.29, 0.717) is 35.1 Å². The van der Waals surface area contributed by atoms with Crippen LogP contribution in [0.15, 0.2) is 36.4 Å². The van der Waals surface area contributed by atoms with Crippen LogP contribution >= 0.6 is 0 Å². The number of phenols is 2. The van der Waals surface area contributed by atoms with Crippen molar-refractivity contribution >= 4 is 6.29 Å². The minimum atomic E-state index is 0.0906. The van der Waals surface area contributed by atoms with Gasteiger partial charge in [0.2, 0.25) is 0 Å². The number of methoxy groups -OCH3 is 1. The minimum absolute atomic E-state index is 0.0906. The summed E-state index contributed by atoms with van der Waals surface area (Å²) in [5.41, 5.74) is 1.68. The molecule has 2 N–H and O–H groups in total. The Labute approximate surface area is 138 Å². The van der Waals surface area contributed by atoms with E-state index in [1.54, 1.807) is 25.3 Å². The Balaban J connectivity index is 0.00000112. The summed E-state index contributed by atoms with van der Waals surface area (Å²) in [6.45, 7) is 8.00. The predicted octanol–water partition coefficient (Wildman–Crippen LogP) is 4.56. The number of ether oxygens (including phenoxy) is 1. The zero-order valence-corrected chi connectivity index (χ0v) is 14.5. The SMILES string of the molecule is CC.CC.COc1ccc(O)c(Cc2cc(C=O)ccc2O)c1. The zero-order valence-electron chi connectivity index (χ0n) is 14.5. The molecule has 126 valence electrons. The first-order valence-corrected chi connectivity index (χ1v) is 7.77. The van der Waals surface area contributed by atoms with E-state index in [1.807, 2.05) is 27.7 Å². The molecule has 4 heteroatoms. The highest BCUT2D eigenvalue weighted by molar-refractivity contribution is 5.75. The van der Waals surface area contributed by atoms with Crippen molar-refractivity contribution in [3.63, 3.8) is 0 Å².